The molecule has 3 heterocycles. The lowest BCUT2D eigenvalue weighted by atomic mass is 10.1. The van der Waals surface area contributed by atoms with Crippen molar-refractivity contribution in [1.29, 1.82) is 0 Å². The first-order chi connectivity index (χ1) is 19.3. The highest BCUT2D eigenvalue weighted by Crippen LogP contribution is 2.30. The van der Waals surface area contributed by atoms with Gasteiger partial charge >= 0.3 is 0 Å². The third kappa shape index (κ3) is 4.70. The van der Waals surface area contributed by atoms with Crippen molar-refractivity contribution in [2.75, 3.05) is 13.2 Å². The summed E-state index contributed by atoms with van der Waals surface area (Å²) in [4.78, 5) is 9.59. The topological polar surface area (TPSA) is 82.1 Å². The molecule has 2 atom stereocenters. The van der Waals surface area contributed by atoms with Crippen LogP contribution in [0.25, 0.3) is 22.9 Å². The van der Waals surface area contributed by atoms with Crippen LogP contribution in [0.2, 0.25) is 0 Å². The summed E-state index contributed by atoms with van der Waals surface area (Å²) >= 11 is 0. The summed E-state index contributed by atoms with van der Waals surface area (Å²) in [6.07, 6.45) is 0. The van der Waals surface area contributed by atoms with Gasteiger partial charge < -0.3 is 13.9 Å². The maximum Gasteiger partial charge on any atom is 0.248 e. The molecule has 0 fully saturated rings. The van der Waals surface area contributed by atoms with Gasteiger partial charge in [-0.3, -0.25) is 0 Å². The van der Waals surface area contributed by atoms with Gasteiger partial charge in [0.05, 0.1) is 0 Å². The maximum atomic E-state index is 6.09. The smallest absolute Gasteiger partial charge is 0.248 e. The average molecular weight is 513 g/mol. The van der Waals surface area contributed by atoms with E-state index < -0.39 is 0 Å². The summed E-state index contributed by atoms with van der Waals surface area (Å²) in [5.41, 5.74) is 5.61. The number of hydrogen-bond acceptors (Lipinski definition) is 7. The molecule has 2 aliphatic heterocycles. The van der Waals surface area contributed by atoms with Gasteiger partial charge in [0.1, 0.15) is 25.3 Å². The predicted octanol–water partition coefficient (Wildman–Crippen LogP) is 6.44. The second-order valence-electron chi connectivity index (χ2n) is 9.42. The Hall–Kier alpha value is -5.04. The number of aliphatic imine (C=N–C) groups is 2. The standard InChI is InChI=1S/C32H24N4O3/c1-3-9-21(10-4-1)27-19-37-29(33-27)23-13-7-15-25(17-23)31-35-36-32(39-31)26-16-8-14-24(18-26)30-34-28(20-38-30)22-11-5-2-6-12-22/h1-18,27-28H,19-20H2/t27-,28-/m0/s1. The monoisotopic (exact) mass is 512 g/mol. The molecule has 2 aliphatic rings. The third-order valence-corrected chi connectivity index (χ3v) is 6.81. The van der Waals surface area contributed by atoms with Crippen LogP contribution in [0.15, 0.2) is 124 Å². The Kier molecular flexibility index (Phi) is 5.94. The van der Waals surface area contributed by atoms with Gasteiger partial charge in [-0.05, 0) is 47.5 Å². The van der Waals surface area contributed by atoms with Crippen molar-refractivity contribution in [3.8, 4) is 22.9 Å². The van der Waals surface area contributed by atoms with Gasteiger partial charge in [-0.15, -0.1) is 10.2 Å². The Morgan fingerprint density at radius 2 is 0.923 bits per heavy atom. The predicted molar refractivity (Wildman–Crippen MR) is 149 cm³/mol. The molecule has 7 nitrogen and oxygen atoms in total. The summed E-state index contributed by atoms with van der Waals surface area (Å²) in [5, 5.41) is 8.63. The molecule has 0 saturated carbocycles. The summed E-state index contributed by atoms with van der Waals surface area (Å²) in [6.45, 7) is 1.04. The molecule has 0 radical (unpaired) electrons. The molecule has 39 heavy (non-hydrogen) atoms. The van der Waals surface area contributed by atoms with Crippen molar-refractivity contribution in [2.24, 2.45) is 9.98 Å². The fraction of sp³-hybridized carbons (Fsp3) is 0.125. The van der Waals surface area contributed by atoms with Crippen LogP contribution in [0, 0.1) is 0 Å². The first kappa shape index (κ1) is 23.1. The summed E-state index contributed by atoms with van der Waals surface area (Å²) in [5.74, 6) is 2.08. The zero-order valence-corrected chi connectivity index (χ0v) is 21.0. The van der Waals surface area contributed by atoms with Crippen LogP contribution < -0.4 is 0 Å². The number of hydrogen-bond donors (Lipinski definition) is 0. The first-order valence-electron chi connectivity index (χ1n) is 12.9. The van der Waals surface area contributed by atoms with E-state index in [0.29, 0.717) is 36.8 Å². The quantitative estimate of drug-likeness (QED) is 0.262. The summed E-state index contributed by atoms with van der Waals surface area (Å²) < 4.78 is 17.9. The number of aromatic nitrogens is 2. The lowest BCUT2D eigenvalue weighted by Gasteiger charge is -2.04. The SMILES string of the molecule is c1ccc([C@@H]2COC(c3cccc(-c4nnc(-c5cccc(C6=N[C@H](c7ccccc7)CO6)c5)o4)c3)=N2)cc1. The van der Waals surface area contributed by atoms with E-state index in [1.807, 2.05) is 84.9 Å². The van der Waals surface area contributed by atoms with Crippen LogP contribution in [0.1, 0.15) is 34.3 Å². The van der Waals surface area contributed by atoms with Crippen molar-refractivity contribution < 1.29 is 13.9 Å². The van der Waals surface area contributed by atoms with Crippen LogP contribution in [0.4, 0.5) is 0 Å². The first-order valence-corrected chi connectivity index (χ1v) is 12.9. The van der Waals surface area contributed by atoms with Crippen LogP contribution in [-0.2, 0) is 9.47 Å². The highest BCUT2D eigenvalue weighted by Gasteiger charge is 2.24. The lowest BCUT2D eigenvalue weighted by molar-refractivity contribution is 0.319. The zero-order valence-electron chi connectivity index (χ0n) is 21.0. The molecule has 190 valence electrons. The van der Waals surface area contributed by atoms with Crippen LogP contribution in [0.5, 0.6) is 0 Å². The molecule has 7 heteroatoms. The van der Waals surface area contributed by atoms with Crippen molar-refractivity contribution >= 4 is 11.8 Å². The molecule has 0 aliphatic carbocycles. The highest BCUT2D eigenvalue weighted by molar-refractivity contribution is 5.97. The maximum absolute atomic E-state index is 6.09. The second kappa shape index (κ2) is 10.0. The Bertz CT molecular complexity index is 1550. The van der Waals surface area contributed by atoms with E-state index in [-0.39, 0.29) is 12.1 Å². The zero-order chi connectivity index (χ0) is 26.0. The van der Waals surface area contributed by atoms with E-state index >= 15 is 0 Å². The van der Waals surface area contributed by atoms with Gasteiger partial charge in [-0.2, -0.15) is 0 Å². The Balaban J connectivity index is 1.12. The molecule has 0 bridgehead atoms. The fourth-order valence-electron chi connectivity index (χ4n) is 4.78. The van der Waals surface area contributed by atoms with E-state index in [4.69, 9.17) is 23.9 Å². The second-order valence-corrected chi connectivity index (χ2v) is 9.42. The number of nitrogens with zero attached hydrogens (tertiary/aromatic N) is 4. The molecule has 1 aromatic heterocycles. The third-order valence-electron chi connectivity index (χ3n) is 6.81. The summed E-state index contributed by atoms with van der Waals surface area (Å²) in [6, 6.07) is 35.9. The van der Waals surface area contributed by atoms with E-state index in [1.165, 1.54) is 0 Å². The molecule has 0 unspecified atom stereocenters. The fourth-order valence-corrected chi connectivity index (χ4v) is 4.78. The molecule has 4 aromatic carbocycles. The van der Waals surface area contributed by atoms with E-state index in [1.54, 1.807) is 0 Å². The van der Waals surface area contributed by atoms with Crippen molar-refractivity contribution in [3.63, 3.8) is 0 Å². The highest BCUT2D eigenvalue weighted by atomic mass is 16.5. The van der Waals surface area contributed by atoms with Gasteiger partial charge in [0.25, 0.3) is 0 Å². The van der Waals surface area contributed by atoms with E-state index in [2.05, 4.69) is 34.5 Å². The molecule has 5 aromatic rings. The molecule has 0 amide bonds. The van der Waals surface area contributed by atoms with Crippen molar-refractivity contribution in [1.82, 2.24) is 10.2 Å². The normalized spacial score (nSPS) is 18.3. The lowest BCUT2D eigenvalue weighted by Crippen LogP contribution is -2.01. The van der Waals surface area contributed by atoms with E-state index in [0.717, 1.165) is 33.4 Å². The van der Waals surface area contributed by atoms with Gasteiger partial charge in [-0.1, -0.05) is 72.8 Å². The van der Waals surface area contributed by atoms with Gasteiger partial charge in [0.15, 0.2) is 0 Å². The molecular weight excluding hydrogens is 488 g/mol. The Morgan fingerprint density at radius 3 is 1.38 bits per heavy atom. The minimum Gasteiger partial charge on any atom is -0.475 e. The molecule has 0 N–H and O–H groups in total. The minimum absolute atomic E-state index is 0.0106. The van der Waals surface area contributed by atoms with Gasteiger partial charge in [0.2, 0.25) is 23.6 Å². The molecular formula is C32H24N4O3. The number of ether oxygens (including phenoxy) is 2. The van der Waals surface area contributed by atoms with Crippen molar-refractivity contribution in [3.05, 3.63) is 131 Å². The van der Waals surface area contributed by atoms with E-state index in [9.17, 15) is 0 Å². The number of rotatable bonds is 6. The summed E-state index contributed by atoms with van der Waals surface area (Å²) in [7, 11) is 0. The molecule has 7 rings (SSSR count). The van der Waals surface area contributed by atoms with Crippen LogP contribution >= 0.6 is 0 Å². The van der Waals surface area contributed by atoms with Gasteiger partial charge in [-0.25, -0.2) is 9.98 Å². The Labute approximate surface area is 225 Å². The minimum atomic E-state index is -0.0106. The molecule has 0 saturated heterocycles. The number of benzene rings is 4. The average Bonchev–Trinajstić information content (AvgIpc) is 3.80. The molecule has 0 spiro atoms. The van der Waals surface area contributed by atoms with Gasteiger partial charge in [0, 0.05) is 22.3 Å². The van der Waals surface area contributed by atoms with Crippen molar-refractivity contribution in [2.45, 2.75) is 12.1 Å². The largest absolute Gasteiger partial charge is 0.475 e. The Morgan fingerprint density at radius 1 is 0.487 bits per heavy atom. The van der Waals surface area contributed by atoms with Crippen LogP contribution in [0.3, 0.4) is 0 Å². The van der Waals surface area contributed by atoms with Crippen LogP contribution in [-0.4, -0.2) is 35.2 Å².